The van der Waals surface area contributed by atoms with E-state index in [4.69, 9.17) is 4.74 Å². The van der Waals surface area contributed by atoms with Crippen LogP contribution in [0.4, 0.5) is 15.0 Å². The van der Waals surface area contributed by atoms with Gasteiger partial charge in [-0.3, -0.25) is 0 Å². The Morgan fingerprint density at radius 3 is 2.32 bits per heavy atom. The standard InChI is InChI=1S/C30H34FN5O4S/c1-19-11-13-22(14-12-19)41(38,39)36-17-24(23-9-7-8-10-25(23)31)26-27(32-18-33-28(26)36)34-15-21(3)35(16-20(34)2)29(37)40-30(4,5)6/h7-14,17-18,20-21H,15-16H2,1-6H3/t20-,21+/m0/s1. The summed E-state index contributed by atoms with van der Waals surface area (Å²) >= 11 is 0. The van der Waals surface area contributed by atoms with Crippen molar-refractivity contribution in [2.45, 2.75) is 64.1 Å². The molecule has 3 heterocycles. The third-order valence-corrected chi connectivity index (χ3v) is 8.82. The van der Waals surface area contributed by atoms with E-state index in [1.165, 1.54) is 18.6 Å². The summed E-state index contributed by atoms with van der Waals surface area (Å²) in [6.45, 7) is 12.0. The van der Waals surface area contributed by atoms with Crippen molar-refractivity contribution in [2.24, 2.45) is 0 Å². The Bertz CT molecular complexity index is 1710. The molecule has 1 aliphatic rings. The second-order valence-electron chi connectivity index (χ2n) is 11.5. The van der Waals surface area contributed by atoms with Crippen LogP contribution in [0.3, 0.4) is 0 Å². The number of amides is 1. The van der Waals surface area contributed by atoms with Gasteiger partial charge in [-0.15, -0.1) is 0 Å². The third-order valence-electron chi connectivity index (χ3n) is 7.16. The number of carbonyl (C=O) groups excluding carboxylic acids is 1. The molecule has 5 rings (SSSR count). The fourth-order valence-electron chi connectivity index (χ4n) is 5.12. The number of halogens is 1. The fraction of sp³-hybridized carbons (Fsp3) is 0.367. The van der Waals surface area contributed by atoms with E-state index < -0.39 is 27.5 Å². The first kappa shape index (κ1) is 28.5. The largest absolute Gasteiger partial charge is 0.444 e. The topological polar surface area (TPSA) is 97.6 Å². The number of ether oxygens (including phenoxy) is 1. The van der Waals surface area contributed by atoms with E-state index in [1.54, 1.807) is 47.4 Å². The number of benzene rings is 2. The van der Waals surface area contributed by atoms with Crippen molar-refractivity contribution in [3.63, 3.8) is 0 Å². The van der Waals surface area contributed by atoms with Crippen molar-refractivity contribution >= 4 is 33.0 Å². The van der Waals surface area contributed by atoms with Gasteiger partial charge in [0.25, 0.3) is 10.0 Å². The molecule has 1 saturated heterocycles. The molecule has 2 atom stereocenters. The molecule has 1 aliphatic heterocycles. The summed E-state index contributed by atoms with van der Waals surface area (Å²) < 4.78 is 49.6. The summed E-state index contributed by atoms with van der Waals surface area (Å²) in [5, 5.41) is 0.415. The minimum absolute atomic E-state index is 0.0909. The maximum atomic E-state index is 15.2. The van der Waals surface area contributed by atoms with Crippen LogP contribution >= 0.6 is 0 Å². The SMILES string of the molecule is Cc1ccc(S(=O)(=O)n2cc(-c3ccccc3F)c3c(N4C[C@@H](C)N(C(=O)OC(C)(C)C)C[C@@H]4C)ncnc32)cc1. The Morgan fingerprint density at radius 2 is 1.66 bits per heavy atom. The Morgan fingerprint density at radius 1 is 0.976 bits per heavy atom. The summed E-state index contributed by atoms with van der Waals surface area (Å²) in [6.07, 6.45) is 2.34. The monoisotopic (exact) mass is 579 g/mol. The molecule has 0 radical (unpaired) electrons. The van der Waals surface area contributed by atoms with Crippen LogP contribution < -0.4 is 4.90 Å². The number of aryl methyl sites for hydroxylation is 1. The maximum absolute atomic E-state index is 15.2. The number of carbonyl (C=O) groups is 1. The summed E-state index contributed by atoms with van der Waals surface area (Å²) in [5.41, 5.74) is 1.03. The van der Waals surface area contributed by atoms with Crippen LogP contribution in [-0.4, -0.2) is 64.1 Å². The second kappa shape index (κ2) is 10.4. The molecule has 9 nitrogen and oxygen atoms in total. The van der Waals surface area contributed by atoms with Gasteiger partial charge in [-0.25, -0.2) is 31.5 Å². The molecule has 0 spiro atoms. The fourth-order valence-corrected chi connectivity index (χ4v) is 6.44. The molecule has 2 aromatic carbocycles. The molecule has 0 aliphatic carbocycles. The van der Waals surface area contributed by atoms with Gasteiger partial charge in [0.1, 0.15) is 23.6 Å². The average Bonchev–Trinajstić information content (AvgIpc) is 3.30. The van der Waals surface area contributed by atoms with Crippen molar-refractivity contribution in [3.05, 3.63) is 72.4 Å². The number of hydrogen-bond donors (Lipinski definition) is 0. The first-order valence-corrected chi connectivity index (χ1v) is 14.9. The van der Waals surface area contributed by atoms with Crippen molar-refractivity contribution in [2.75, 3.05) is 18.0 Å². The highest BCUT2D eigenvalue weighted by molar-refractivity contribution is 7.90. The summed E-state index contributed by atoms with van der Waals surface area (Å²) in [6, 6.07) is 12.3. The molecule has 1 amide bonds. The van der Waals surface area contributed by atoms with Crippen LogP contribution in [0.15, 0.2) is 66.0 Å². The molecule has 2 aromatic heterocycles. The van der Waals surface area contributed by atoms with Crippen molar-refractivity contribution in [1.29, 1.82) is 0 Å². The molecular formula is C30H34FN5O4S. The van der Waals surface area contributed by atoms with Gasteiger partial charge in [0, 0.05) is 42.5 Å². The van der Waals surface area contributed by atoms with E-state index in [9.17, 15) is 13.2 Å². The zero-order valence-electron chi connectivity index (χ0n) is 24.0. The summed E-state index contributed by atoms with van der Waals surface area (Å²) in [4.78, 5) is 25.7. The van der Waals surface area contributed by atoms with Crippen LogP contribution in [0.5, 0.6) is 0 Å². The Balaban J connectivity index is 1.66. The predicted molar refractivity (Wildman–Crippen MR) is 156 cm³/mol. The highest BCUT2D eigenvalue weighted by Gasteiger charge is 2.37. The van der Waals surface area contributed by atoms with Gasteiger partial charge < -0.3 is 14.5 Å². The lowest BCUT2D eigenvalue weighted by Crippen LogP contribution is -2.59. The van der Waals surface area contributed by atoms with Gasteiger partial charge in [-0.2, -0.15) is 0 Å². The van der Waals surface area contributed by atoms with Crippen LogP contribution in [-0.2, 0) is 14.8 Å². The molecule has 0 bridgehead atoms. The van der Waals surface area contributed by atoms with Crippen LogP contribution in [0.1, 0.15) is 40.2 Å². The number of nitrogens with zero attached hydrogens (tertiary/aromatic N) is 5. The van der Waals surface area contributed by atoms with Gasteiger partial charge in [0.05, 0.1) is 10.3 Å². The Hall–Kier alpha value is -3.99. The smallest absolute Gasteiger partial charge is 0.410 e. The minimum Gasteiger partial charge on any atom is -0.444 e. The zero-order valence-corrected chi connectivity index (χ0v) is 24.8. The van der Waals surface area contributed by atoms with Crippen LogP contribution in [0.2, 0.25) is 0 Å². The summed E-state index contributed by atoms with van der Waals surface area (Å²) in [7, 11) is -4.08. The van der Waals surface area contributed by atoms with Gasteiger partial charge in [-0.05, 0) is 59.7 Å². The molecule has 11 heteroatoms. The zero-order chi connectivity index (χ0) is 29.7. The second-order valence-corrected chi connectivity index (χ2v) is 13.3. The average molecular weight is 580 g/mol. The predicted octanol–water partition coefficient (Wildman–Crippen LogP) is 5.62. The quantitative estimate of drug-likeness (QED) is 0.310. The molecule has 41 heavy (non-hydrogen) atoms. The van der Waals surface area contributed by atoms with Gasteiger partial charge in [0.2, 0.25) is 0 Å². The van der Waals surface area contributed by atoms with Crippen LogP contribution in [0, 0.1) is 12.7 Å². The summed E-state index contributed by atoms with van der Waals surface area (Å²) in [5.74, 6) is -0.0282. The normalized spacial score (nSPS) is 18.1. The Kier molecular flexibility index (Phi) is 7.27. The molecule has 0 N–H and O–H groups in total. The Labute approximate surface area is 239 Å². The van der Waals surface area contributed by atoms with E-state index in [1.807, 2.05) is 46.4 Å². The molecule has 216 valence electrons. The molecule has 0 saturated carbocycles. The molecule has 4 aromatic rings. The van der Waals surface area contributed by atoms with Crippen LogP contribution in [0.25, 0.3) is 22.2 Å². The molecule has 0 unspecified atom stereocenters. The number of aromatic nitrogens is 3. The van der Waals surface area contributed by atoms with E-state index in [0.29, 0.717) is 29.9 Å². The first-order chi connectivity index (χ1) is 19.3. The highest BCUT2D eigenvalue weighted by atomic mass is 32.2. The van der Waals surface area contributed by atoms with E-state index in [0.717, 1.165) is 9.54 Å². The van der Waals surface area contributed by atoms with Gasteiger partial charge in [0.15, 0.2) is 5.65 Å². The maximum Gasteiger partial charge on any atom is 0.410 e. The first-order valence-electron chi connectivity index (χ1n) is 13.5. The number of rotatable bonds is 4. The molecule has 1 fully saturated rings. The highest BCUT2D eigenvalue weighted by Crippen LogP contribution is 2.39. The minimum atomic E-state index is -4.08. The lowest BCUT2D eigenvalue weighted by Gasteiger charge is -2.44. The van der Waals surface area contributed by atoms with Gasteiger partial charge >= 0.3 is 6.09 Å². The van der Waals surface area contributed by atoms with E-state index >= 15 is 4.39 Å². The lowest BCUT2D eigenvalue weighted by molar-refractivity contribution is 0.0130. The number of hydrogen-bond acceptors (Lipinski definition) is 7. The van der Waals surface area contributed by atoms with Crippen molar-refractivity contribution in [3.8, 4) is 11.1 Å². The third kappa shape index (κ3) is 5.38. The number of fused-ring (bicyclic) bond motifs is 1. The van der Waals surface area contributed by atoms with Crippen molar-refractivity contribution < 1.29 is 22.3 Å². The van der Waals surface area contributed by atoms with Gasteiger partial charge in [-0.1, -0.05) is 35.9 Å². The van der Waals surface area contributed by atoms with Crippen molar-refractivity contribution in [1.82, 2.24) is 18.8 Å². The number of piperazine rings is 1. The van der Waals surface area contributed by atoms with E-state index in [-0.39, 0.29) is 28.2 Å². The number of anilines is 1. The lowest BCUT2D eigenvalue weighted by atomic mass is 10.0. The molecular weight excluding hydrogens is 545 g/mol. The van der Waals surface area contributed by atoms with E-state index in [2.05, 4.69) is 9.97 Å².